The van der Waals surface area contributed by atoms with Crippen LogP contribution in [0.2, 0.25) is 0 Å². The van der Waals surface area contributed by atoms with E-state index in [0.29, 0.717) is 51.1 Å². The highest BCUT2D eigenvalue weighted by molar-refractivity contribution is 6.12. The van der Waals surface area contributed by atoms with Crippen molar-refractivity contribution in [3.8, 4) is 33.6 Å². The summed E-state index contributed by atoms with van der Waals surface area (Å²) in [7, 11) is 1.54. The van der Waals surface area contributed by atoms with Crippen molar-refractivity contribution < 1.29 is 23.2 Å². The maximum Gasteiger partial charge on any atom is 0.255 e. The molecule has 0 saturated heterocycles. The summed E-state index contributed by atoms with van der Waals surface area (Å²) in [5.74, 6) is -0.885. The summed E-state index contributed by atoms with van der Waals surface area (Å²) < 4.78 is 19.7. The Bertz CT molecular complexity index is 1810. The number of hydrogen-bond donors (Lipinski definition) is 3. The van der Waals surface area contributed by atoms with Crippen molar-refractivity contribution in [3.05, 3.63) is 107 Å². The minimum Gasteiger partial charge on any atom is -0.455 e. The lowest BCUT2D eigenvalue weighted by Crippen LogP contribution is -2.27. The van der Waals surface area contributed by atoms with E-state index in [1.54, 1.807) is 42.5 Å². The second kappa shape index (κ2) is 11.7. The summed E-state index contributed by atoms with van der Waals surface area (Å²) in [4.78, 5) is 38.0. The number of furan rings is 1. The minimum atomic E-state index is -0.528. The number of hydrogen-bond acceptors (Lipinski definition) is 4. The quantitative estimate of drug-likeness (QED) is 0.202. The summed E-state index contributed by atoms with van der Waals surface area (Å²) in [6.07, 6.45) is 0. The maximum absolute atomic E-state index is 13.6. The molecule has 3 amide bonds. The monoisotopic (exact) mass is 563 g/mol. The van der Waals surface area contributed by atoms with E-state index in [4.69, 9.17) is 10.2 Å². The lowest BCUT2D eigenvalue weighted by atomic mass is 9.93. The van der Waals surface area contributed by atoms with Gasteiger partial charge < -0.3 is 20.8 Å². The average molecular weight is 564 g/mol. The molecule has 212 valence electrons. The number of carbonyl (C=O) groups is 3. The normalized spacial score (nSPS) is 11.1. The molecule has 4 N–H and O–H groups in total. The molecule has 0 aliphatic heterocycles. The average Bonchev–Trinajstić information content (AvgIpc) is 3.38. The highest BCUT2D eigenvalue weighted by Crippen LogP contribution is 2.37. The molecule has 1 heterocycles. The molecule has 0 atom stereocenters. The second-order valence-electron chi connectivity index (χ2n) is 10.4. The van der Waals surface area contributed by atoms with Gasteiger partial charge in [-0.3, -0.25) is 14.4 Å². The number of rotatable bonds is 8. The SMILES string of the molecule is CNC(=O)c1c(-c2ccc(F)cc2)oc2ccc(-c3ccc(-c4ccc(C(N)=O)cc4)c(C(=O)NCC(C)C)c3)cc12. The highest BCUT2D eigenvalue weighted by Gasteiger charge is 2.23. The largest absolute Gasteiger partial charge is 0.455 e. The molecule has 0 radical (unpaired) electrons. The van der Waals surface area contributed by atoms with Gasteiger partial charge in [0.2, 0.25) is 5.91 Å². The topological polar surface area (TPSA) is 114 Å². The van der Waals surface area contributed by atoms with Gasteiger partial charge in [-0.25, -0.2) is 4.39 Å². The molecular weight excluding hydrogens is 533 g/mol. The van der Waals surface area contributed by atoms with E-state index in [1.807, 2.05) is 44.2 Å². The van der Waals surface area contributed by atoms with Crippen LogP contribution in [0.15, 0.2) is 89.3 Å². The first-order valence-electron chi connectivity index (χ1n) is 13.5. The Balaban J connectivity index is 1.63. The molecule has 0 aliphatic rings. The van der Waals surface area contributed by atoms with Gasteiger partial charge >= 0.3 is 0 Å². The van der Waals surface area contributed by atoms with Crippen LogP contribution < -0.4 is 16.4 Å². The number of amides is 3. The molecular formula is C34H30FN3O4. The molecule has 1 aromatic heterocycles. The third-order valence-corrected chi connectivity index (χ3v) is 7.00. The van der Waals surface area contributed by atoms with Crippen LogP contribution in [0.5, 0.6) is 0 Å². The molecule has 0 unspecified atom stereocenters. The fraction of sp³-hybridized carbons (Fsp3) is 0.147. The van der Waals surface area contributed by atoms with Crippen LogP contribution in [-0.4, -0.2) is 31.3 Å². The summed E-state index contributed by atoms with van der Waals surface area (Å²) in [6.45, 7) is 4.54. The molecule has 5 aromatic rings. The molecule has 5 rings (SSSR count). The molecule has 4 aromatic carbocycles. The Hall–Kier alpha value is -5.24. The van der Waals surface area contributed by atoms with Gasteiger partial charge in [0.05, 0.1) is 5.56 Å². The zero-order valence-electron chi connectivity index (χ0n) is 23.5. The van der Waals surface area contributed by atoms with Gasteiger partial charge in [0.25, 0.3) is 11.8 Å². The van der Waals surface area contributed by atoms with Gasteiger partial charge in [0.1, 0.15) is 17.2 Å². The van der Waals surface area contributed by atoms with Crippen LogP contribution in [0.25, 0.3) is 44.5 Å². The molecule has 0 fully saturated rings. The van der Waals surface area contributed by atoms with Crippen molar-refractivity contribution in [1.82, 2.24) is 10.6 Å². The third-order valence-electron chi connectivity index (χ3n) is 7.00. The Morgan fingerprint density at radius 3 is 2.07 bits per heavy atom. The Labute approximate surface area is 242 Å². The molecule has 0 saturated carbocycles. The lowest BCUT2D eigenvalue weighted by molar-refractivity contribution is 0.0945. The molecule has 0 aliphatic carbocycles. The molecule has 0 spiro atoms. The molecule has 42 heavy (non-hydrogen) atoms. The number of carbonyl (C=O) groups excluding carboxylic acids is 3. The lowest BCUT2D eigenvalue weighted by Gasteiger charge is -2.14. The van der Waals surface area contributed by atoms with Crippen molar-refractivity contribution in [2.45, 2.75) is 13.8 Å². The number of benzene rings is 4. The summed E-state index contributed by atoms with van der Waals surface area (Å²) in [6, 6.07) is 23.6. The third kappa shape index (κ3) is 5.65. The zero-order valence-corrected chi connectivity index (χ0v) is 23.5. The van der Waals surface area contributed by atoms with Crippen molar-refractivity contribution in [1.29, 1.82) is 0 Å². The molecule has 0 bridgehead atoms. The van der Waals surface area contributed by atoms with Crippen LogP contribution in [-0.2, 0) is 0 Å². The zero-order chi connectivity index (χ0) is 30.0. The summed E-state index contributed by atoms with van der Waals surface area (Å²) >= 11 is 0. The van der Waals surface area contributed by atoms with Gasteiger partial charge in [-0.15, -0.1) is 0 Å². The molecule has 7 nitrogen and oxygen atoms in total. The van der Waals surface area contributed by atoms with Gasteiger partial charge in [-0.2, -0.15) is 0 Å². The Morgan fingerprint density at radius 2 is 1.43 bits per heavy atom. The van der Waals surface area contributed by atoms with Crippen molar-refractivity contribution >= 4 is 28.7 Å². The number of nitrogens with one attached hydrogen (secondary N) is 2. The fourth-order valence-electron chi connectivity index (χ4n) is 4.80. The van der Waals surface area contributed by atoms with Gasteiger partial charge in [0, 0.05) is 35.7 Å². The van der Waals surface area contributed by atoms with Crippen molar-refractivity contribution in [3.63, 3.8) is 0 Å². The van der Waals surface area contributed by atoms with Gasteiger partial charge in [-0.1, -0.05) is 44.2 Å². The van der Waals surface area contributed by atoms with Gasteiger partial charge in [0.15, 0.2) is 0 Å². The first-order chi connectivity index (χ1) is 20.2. The fourth-order valence-corrected chi connectivity index (χ4v) is 4.80. The smallest absolute Gasteiger partial charge is 0.255 e. The first kappa shape index (κ1) is 28.3. The van der Waals surface area contributed by atoms with Crippen molar-refractivity contribution in [2.24, 2.45) is 11.7 Å². The standard InChI is InChI=1S/C34H30FN3O4/c1-19(2)18-38-33(40)27-16-23(10-14-26(27)20-4-6-22(7-5-20)32(36)39)24-11-15-29-28(17-24)30(34(41)37-3)31(42-29)21-8-12-25(35)13-9-21/h4-17,19H,18H2,1-3H3,(H2,36,39)(H,37,41)(H,38,40). The van der Waals surface area contributed by atoms with Crippen LogP contribution in [0.4, 0.5) is 4.39 Å². The Kier molecular flexibility index (Phi) is 7.88. The number of primary amides is 1. The summed E-state index contributed by atoms with van der Waals surface area (Å²) in [5, 5.41) is 6.25. The predicted molar refractivity (Wildman–Crippen MR) is 162 cm³/mol. The predicted octanol–water partition coefficient (Wildman–Crippen LogP) is 6.42. The first-order valence-corrected chi connectivity index (χ1v) is 13.5. The van der Waals surface area contributed by atoms with E-state index in [0.717, 1.165) is 16.7 Å². The molecule has 8 heteroatoms. The Morgan fingerprint density at radius 1 is 0.810 bits per heavy atom. The van der Waals surface area contributed by atoms with E-state index in [-0.39, 0.29) is 23.5 Å². The van der Waals surface area contributed by atoms with E-state index >= 15 is 0 Å². The van der Waals surface area contributed by atoms with Crippen LogP contribution in [0.3, 0.4) is 0 Å². The van der Waals surface area contributed by atoms with E-state index < -0.39 is 5.91 Å². The number of nitrogens with two attached hydrogens (primary N) is 1. The van der Waals surface area contributed by atoms with E-state index in [1.165, 1.54) is 19.2 Å². The summed E-state index contributed by atoms with van der Waals surface area (Å²) in [5.41, 5.74) is 10.6. The minimum absolute atomic E-state index is 0.228. The highest BCUT2D eigenvalue weighted by atomic mass is 19.1. The maximum atomic E-state index is 13.6. The second-order valence-corrected chi connectivity index (χ2v) is 10.4. The number of fused-ring (bicyclic) bond motifs is 1. The van der Waals surface area contributed by atoms with Crippen molar-refractivity contribution in [2.75, 3.05) is 13.6 Å². The van der Waals surface area contributed by atoms with Gasteiger partial charge in [-0.05, 0) is 82.8 Å². The van der Waals surface area contributed by atoms with Crippen LogP contribution >= 0.6 is 0 Å². The van der Waals surface area contributed by atoms with Crippen LogP contribution in [0.1, 0.15) is 44.9 Å². The van der Waals surface area contributed by atoms with E-state index in [9.17, 15) is 18.8 Å². The van der Waals surface area contributed by atoms with Crippen LogP contribution in [0, 0.1) is 11.7 Å². The number of halogens is 1. The van der Waals surface area contributed by atoms with E-state index in [2.05, 4.69) is 10.6 Å².